The second-order valence-corrected chi connectivity index (χ2v) is 3.66. The zero-order valence-electron chi connectivity index (χ0n) is 8.05. The second kappa shape index (κ2) is 5.21. The molecule has 0 aliphatic heterocycles. The molecule has 1 aromatic rings. The van der Waals surface area contributed by atoms with Crippen LogP contribution in [-0.2, 0) is 11.2 Å². The van der Waals surface area contributed by atoms with Crippen molar-refractivity contribution in [1.82, 2.24) is 0 Å². The number of alkyl halides is 2. The molecule has 15 heavy (non-hydrogen) atoms. The summed E-state index contributed by atoms with van der Waals surface area (Å²) in [5.41, 5.74) is 0.982. The van der Waals surface area contributed by atoms with Gasteiger partial charge in [0.2, 0.25) is 0 Å². The molecule has 0 amide bonds. The van der Waals surface area contributed by atoms with Crippen molar-refractivity contribution in [2.24, 2.45) is 0 Å². The first-order valence-electron chi connectivity index (χ1n) is 4.64. The molecule has 0 aromatic heterocycles. The predicted molar refractivity (Wildman–Crippen MR) is 55.2 cm³/mol. The Bertz CT molecular complexity index is 325. The maximum Gasteiger partial charge on any atom is 0.320 e. The van der Waals surface area contributed by atoms with E-state index in [4.69, 9.17) is 11.6 Å². The van der Waals surface area contributed by atoms with Crippen LogP contribution < -0.4 is 0 Å². The maximum atomic E-state index is 12.8. The summed E-state index contributed by atoms with van der Waals surface area (Å²) in [5, 5.41) is -1.57. The van der Waals surface area contributed by atoms with Gasteiger partial charge >= 0.3 is 5.92 Å². The summed E-state index contributed by atoms with van der Waals surface area (Å²) in [5.74, 6) is -3.39. The Morgan fingerprint density at radius 1 is 1.27 bits per heavy atom. The second-order valence-electron chi connectivity index (χ2n) is 3.32. The van der Waals surface area contributed by atoms with Gasteiger partial charge in [0.1, 0.15) is 0 Å². The van der Waals surface area contributed by atoms with Gasteiger partial charge in [0.15, 0.2) is 0 Å². The lowest BCUT2D eigenvalue weighted by atomic mass is 10.1. The van der Waals surface area contributed by atoms with Gasteiger partial charge in [-0.3, -0.25) is 4.79 Å². The molecule has 0 unspecified atom stereocenters. The van der Waals surface area contributed by atoms with Crippen molar-refractivity contribution < 1.29 is 13.6 Å². The van der Waals surface area contributed by atoms with Crippen LogP contribution in [0.3, 0.4) is 0 Å². The fourth-order valence-electron chi connectivity index (χ4n) is 1.26. The summed E-state index contributed by atoms with van der Waals surface area (Å²) in [6, 6.07) is 9.28. The number of carbonyl (C=O) groups is 1. The minimum absolute atomic E-state index is 0.246. The van der Waals surface area contributed by atoms with E-state index in [0.717, 1.165) is 5.56 Å². The van der Waals surface area contributed by atoms with Gasteiger partial charge in [-0.25, -0.2) is 0 Å². The van der Waals surface area contributed by atoms with Crippen LogP contribution in [0.15, 0.2) is 30.3 Å². The highest BCUT2D eigenvalue weighted by atomic mass is 35.5. The summed E-state index contributed by atoms with van der Waals surface area (Å²) in [7, 11) is 0. The van der Waals surface area contributed by atoms with Crippen molar-refractivity contribution in [3.8, 4) is 0 Å². The highest BCUT2D eigenvalue weighted by molar-refractivity contribution is 6.65. The Kier molecular flexibility index (Phi) is 4.21. The van der Waals surface area contributed by atoms with Gasteiger partial charge in [0.25, 0.3) is 5.24 Å². The normalized spacial score (nSPS) is 11.4. The molecule has 82 valence electrons. The van der Waals surface area contributed by atoms with E-state index < -0.39 is 17.6 Å². The van der Waals surface area contributed by atoms with Crippen molar-refractivity contribution >= 4 is 16.8 Å². The Hall–Kier alpha value is -0.960. The number of hydrogen-bond donors (Lipinski definition) is 0. The topological polar surface area (TPSA) is 17.1 Å². The molecule has 4 heteroatoms. The van der Waals surface area contributed by atoms with Crippen LogP contribution >= 0.6 is 11.6 Å². The molecule has 0 radical (unpaired) electrons. The Balaban J connectivity index is 2.37. The van der Waals surface area contributed by atoms with Gasteiger partial charge in [0, 0.05) is 6.42 Å². The van der Waals surface area contributed by atoms with Crippen LogP contribution in [0.2, 0.25) is 0 Å². The van der Waals surface area contributed by atoms with Gasteiger partial charge in [-0.2, -0.15) is 8.78 Å². The van der Waals surface area contributed by atoms with Crippen LogP contribution in [-0.4, -0.2) is 11.2 Å². The van der Waals surface area contributed by atoms with Gasteiger partial charge in [-0.15, -0.1) is 0 Å². The maximum absolute atomic E-state index is 12.8. The highest BCUT2D eigenvalue weighted by Gasteiger charge is 2.36. The first-order valence-corrected chi connectivity index (χ1v) is 5.02. The standard InChI is InChI=1S/C11H11ClF2O/c12-10(15)11(13,14)8-4-7-9-5-2-1-3-6-9/h1-3,5-6H,4,7-8H2. The van der Waals surface area contributed by atoms with E-state index in [1.165, 1.54) is 0 Å². The third-order valence-corrected chi connectivity index (χ3v) is 2.36. The summed E-state index contributed by atoms with van der Waals surface area (Å²) in [4.78, 5) is 10.3. The lowest BCUT2D eigenvalue weighted by Crippen LogP contribution is -2.24. The number of halogens is 3. The van der Waals surface area contributed by atoms with E-state index in [0.29, 0.717) is 6.42 Å². The Morgan fingerprint density at radius 2 is 1.87 bits per heavy atom. The average molecular weight is 233 g/mol. The smallest absolute Gasteiger partial charge is 0.274 e. The van der Waals surface area contributed by atoms with Crippen molar-refractivity contribution in [2.75, 3.05) is 0 Å². The SMILES string of the molecule is O=C(Cl)C(F)(F)CCCc1ccccc1. The van der Waals surface area contributed by atoms with Crippen molar-refractivity contribution in [3.63, 3.8) is 0 Å². The van der Waals surface area contributed by atoms with Crippen LogP contribution in [0, 0.1) is 0 Å². The minimum atomic E-state index is -3.39. The molecule has 0 saturated heterocycles. The average Bonchev–Trinajstić information content (AvgIpc) is 2.19. The molecule has 0 spiro atoms. The first kappa shape index (κ1) is 12.1. The van der Waals surface area contributed by atoms with E-state index >= 15 is 0 Å². The number of rotatable bonds is 5. The number of benzene rings is 1. The molecular formula is C11H11ClF2O. The Labute approximate surface area is 92.1 Å². The minimum Gasteiger partial charge on any atom is -0.274 e. The molecule has 0 fully saturated rings. The lowest BCUT2D eigenvalue weighted by molar-refractivity contribution is -0.134. The molecule has 0 bridgehead atoms. The number of carbonyl (C=O) groups excluding carboxylic acids is 1. The third-order valence-electron chi connectivity index (χ3n) is 2.09. The third kappa shape index (κ3) is 3.96. The molecule has 0 heterocycles. The van der Waals surface area contributed by atoms with Crippen molar-refractivity contribution in [3.05, 3.63) is 35.9 Å². The van der Waals surface area contributed by atoms with Gasteiger partial charge in [0.05, 0.1) is 0 Å². The largest absolute Gasteiger partial charge is 0.320 e. The zero-order chi connectivity index (χ0) is 11.3. The molecule has 1 rings (SSSR count). The van der Waals surface area contributed by atoms with Crippen LogP contribution in [0.1, 0.15) is 18.4 Å². The molecule has 0 saturated carbocycles. The molecule has 0 aliphatic rings. The molecule has 1 nitrogen and oxygen atoms in total. The fraction of sp³-hybridized carbons (Fsp3) is 0.364. The van der Waals surface area contributed by atoms with Crippen molar-refractivity contribution in [2.45, 2.75) is 25.2 Å². The van der Waals surface area contributed by atoms with Gasteiger partial charge in [-0.05, 0) is 30.0 Å². The quantitative estimate of drug-likeness (QED) is 0.711. The zero-order valence-corrected chi connectivity index (χ0v) is 8.81. The van der Waals surface area contributed by atoms with Crippen molar-refractivity contribution in [1.29, 1.82) is 0 Å². The molecular weight excluding hydrogens is 222 g/mol. The monoisotopic (exact) mass is 232 g/mol. The highest BCUT2D eigenvalue weighted by Crippen LogP contribution is 2.24. The molecule has 0 atom stereocenters. The summed E-state index contributed by atoms with van der Waals surface area (Å²) in [6.45, 7) is 0. The first-order chi connectivity index (χ1) is 7.02. The van der Waals surface area contributed by atoms with Gasteiger partial charge < -0.3 is 0 Å². The summed E-state index contributed by atoms with van der Waals surface area (Å²) >= 11 is 4.76. The van der Waals surface area contributed by atoms with Crippen LogP contribution in [0.4, 0.5) is 8.78 Å². The summed E-state index contributed by atoms with van der Waals surface area (Å²) in [6.07, 6.45) is 0.278. The molecule has 1 aromatic carbocycles. The molecule has 0 N–H and O–H groups in total. The van der Waals surface area contributed by atoms with E-state index in [9.17, 15) is 13.6 Å². The van der Waals surface area contributed by atoms with E-state index in [-0.39, 0.29) is 6.42 Å². The fourth-order valence-corrected chi connectivity index (χ4v) is 1.35. The predicted octanol–water partition coefficient (Wildman–Crippen LogP) is 3.41. The van der Waals surface area contributed by atoms with E-state index in [2.05, 4.69) is 0 Å². The lowest BCUT2D eigenvalue weighted by Gasteiger charge is -2.10. The number of hydrogen-bond acceptors (Lipinski definition) is 1. The number of aryl methyl sites for hydroxylation is 1. The summed E-state index contributed by atoms with van der Waals surface area (Å²) < 4.78 is 25.5. The van der Waals surface area contributed by atoms with Crippen LogP contribution in [0.25, 0.3) is 0 Å². The Morgan fingerprint density at radius 3 is 2.40 bits per heavy atom. The van der Waals surface area contributed by atoms with E-state index in [1.807, 2.05) is 30.3 Å². The van der Waals surface area contributed by atoms with E-state index in [1.54, 1.807) is 0 Å². The van der Waals surface area contributed by atoms with Crippen LogP contribution in [0.5, 0.6) is 0 Å². The molecule has 0 aliphatic carbocycles. The van der Waals surface area contributed by atoms with Gasteiger partial charge in [-0.1, -0.05) is 30.3 Å².